The summed E-state index contributed by atoms with van der Waals surface area (Å²) in [5.74, 6) is -0.127. The zero-order chi connectivity index (χ0) is 18.6. The molecule has 0 aliphatic heterocycles. The molecular formula is C20H16N4O2S. The maximum atomic E-state index is 12.5. The number of nitrogens with one attached hydrogen (secondary N) is 1. The molecule has 4 rings (SSSR count). The number of rotatable bonds is 5. The molecule has 0 saturated heterocycles. The first kappa shape index (κ1) is 17.1. The van der Waals surface area contributed by atoms with Crippen molar-refractivity contribution in [1.82, 2.24) is 20.3 Å². The normalized spacial score (nSPS) is 10.8. The molecule has 0 atom stereocenters. The summed E-state index contributed by atoms with van der Waals surface area (Å²) < 4.78 is 1.33. The number of aromatic nitrogens is 3. The van der Waals surface area contributed by atoms with Crippen molar-refractivity contribution in [3.63, 3.8) is 0 Å². The molecule has 2 aromatic heterocycles. The number of carbonyl (C=O) groups is 1. The van der Waals surface area contributed by atoms with Gasteiger partial charge in [0.2, 0.25) is 0 Å². The molecule has 0 spiro atoms. The highest BCUT2D eigenvalue weighted by atomic mass is 32.1. The summed E-state index contributed by atoms with van der Waals surface area (Å²) in [7, 11) is 0. The van der Waals surface area contributed by atoms with Gasteiger partial charge in [0.15, 0.2) is 0 Å². The van der Waals surface area contributed by atoms with Gasteiger partial charge in [-0.05, 0) is 41.3 Å². The molecule has 2 aromatic carbocycles. The Morgan fingerprint density at radius 1 is 1.04 bits per heavy atom. The van der Waals surface area contributed by atoms with Crippen LogP contribution in [0.25, 0.3) is 10.9 Å². The number of amides is 1. The second-order valence-corrected chi connectivity index (χ2v) is 7.06. The average Bonchev–Trinajstić information content (AvgIpc) is 3.23. The van der Waals surface area contributed by atoms with Crippen LogP contribution in [0.4, 0.5) is 0 Å². The van der Waals surface area contributed by atoms with Gasteiger partial charge in [-0.2, -0.15) is 0 Å². The summed E-state index contributed by atoms with van der Waals surface area (Å²) in [6, 6.07) is 18.2. The first-order chi connectivity index (χ1) is 13.2. The smallest absolute Gasteiger partial charge is 0.277 e. The summed E-state index contributed by atoms with van der Waals surface area (Å²) in [6.45, 7) is 0.814. The molecule has 0 aliphatic carbocycles. The van der Waals surface area contributed by atoms with Crippen LogP contribution in [-0.2, 0) is 13.1 Å². The second kappa shape index (κ2) is 7.51. The molecule has 0 fully saturated rings. The monoisotopic (exact) mass is 376 g/mol. The van der Waals surface area contributed by atoms with Gasteiger partial charge in [-0.1, -0.05) is 35.5 Å². The molecule has 0 aliphatic rings. The molecule has 0 radical (unpaired) electrons. The summed E-state index contributed by atoms with van der Waals surface area (Å²) in [5, 5.41) is 13.5. The first-order valence-electron chi connectivity index (χ1n) is 8.43. The van der Waals surface area contributed by atoms with Gasteiger partial charge in [0.1, 0.15) is 5.52 Å². The van der Waals surface area contributed by atoms with Gasteiger partial charge >= 0.3 is 0 Å². The van der Waals surface area contributed by atoms with Gasteiger partial charge < -0.3 is 5.32 Å². The van der Waals surface area contributed by atoms with Crippen LogP contribution in [0.1, 0.15) is 20.8 Å². The largest absolute Gasteiger partial charge is 0.347 e. The number of hydrogen-bond donors (Lipinski definition) is 1. The maximum absolute atomic E-state index is 12.5. The number of thiophene rings is 1. The lowest BCUT2D eigenvalue weighted by Gasteiger charge is -2.07. The van der Waals surface area contributed by atoms with Crippen molar-refractivity contribution in [2.75, 3.05) is 0 Å². The summed E-state index contributed by atoms with van der Waals surface area (Å²) >= 11 is 1.61. The Morgan fingerprint density at radius 3 is 2.63 bits per heavy atom. The zero-order valence-electron chi connectivity index (χ0n) is 14.3. The molecule has 27 heavy (non-hydrogen) atoms. The Balaban J connectivity index is 1.47. The van der Waals surface area contributed by atoms with Crippen LogP contribution in [-0.4, -0.2) is 20.9 Å². The zero-order valence-corrected chi connectivity index (χ0v) is 15.1. The molecule has 1 amide bonds. The summed E-state index contributed by atoms with van der Waals surface area (Å²) in [4.78, 5) is 25.8. The van der Waals surface area contributed by atoms with Crippen LogP contribution in [0.15, 0.2) is 70.8 Å². The number of benzene rings is 2. The van der Waals surface area contributed by atoms with Crippen molar-refractivity contribution in [3.8, 4) is 0 Å². The Bertz CT molecular complexity index is 1130. The van der Waals surface area contributed by atoms with Crippen LogP contribution in [0.3, 0.4) is 0 Å². The van der Waals surface area contributed by atoms with Gasteiger partial charge in [-0.25, -0.2) is 4.68 Å². The number of carbonyl (C=O) groups excluding carboxylic acids is 1. The van der Waals surface area contributed by atoms with E-state index in [1.165, 1.54) is 4.68 Å². The highest BCUT2D eigenvalue weighted by Gasteiger charge is 2.08. The standard InChI is InChI=1S/C20H16N4O2S/c25-19(21-12-16-4-3-11-27-16)15-9-7-14(8-10-15)13-24-20(26)17-5-1-2-6-18(17)22-23-24/h1-11H,12-13H2,(H,21,25). The molecule has 0 saturated carbocycles. The van der Waals surface area contributed by atoms with Gasteiger partial charge in [0.25, 0.3) is 11.5 Å². The quantitative estimate of drug-likeness (QED) is 0.581. The van der Waals surface area contributed by atoms with E-state index in [1.54, 1.807) is 41.7 Å². The maximum Gasteiger partial charge on any atom is 0.277 e. The molecule has 0 unspecified atom stereocenters. The van der Waals surface area contributed by atoms with Gasteiger partial charge in [-0.15, -0.1) is 16.4 Å². The number of fused-ring (bicyclic) bond motifs is 1. The molecule has 134 valence electrons. The van der Waals surface area contributed by atoms with Crippen LogP contribution >= 0.6 is 11.3 Å². The van der Waals surface area contributed by atoms with Gasteiger partial charge in [0, 0.05) is 10.4 Å². The SMILES string of the molecule is O=C(NCc1cccs1)c1ccc(Cn2nnc3ccccc3c2=O)cc1. The first-order valence-corrected chi connectivity index (χ1v) is 9.31. The van der Waals surface area contributed by atoms with E-state index < -0.39 is 0 Å². The summed E-state index contributed by atoms with van der Waals surface area (Å²) in [5.41, 5.74) is 1.85. The Labute approximate surface area is 159 Å². The van der Waals surface area contributed by atoms with Gasteiger partial charge in [0.05, 0.1) is 18.5 Å². The highest BCUT2D eigenvalue weighted by Crippen LogP contribution is 2.10. The predicted octanol–water partition coefficient (Wildman–Crippen LogP) is 2.83. The van der Waals surface area contributed by atoms with Crippen LogP contribution in [0.5, 0.6) is 0 Å². The second-order valence-electron chi connectivity index (χ2n) is 6.03. The average molecular weight is 376 g/mol. The molecule has 0 bridgehead atoms. The fraction of sp³-hybridized carbons (Fsp3) is 0.100. The Kier molecular flexibility index (Phi) is 4.76. The minimum Gasteiger partial charge on any atom is -0.347 e. The Hall–Kier alpha value is -3.32. The lowest BCUT2D eigenvalue weighted by molar-refractivity contribution is 0.0951. The van der Waals surface area contributed by atoms with Crippen LogP contribution in [0.2, 0.25) is 0 Å². The third-order valence-electron chi connectivity index (χ3n) is 4.18. The number of hydrogen-bond acceptors (Lipinski definition) is 5. The minimum atomic E-state index is -0.182. The van der Waals surface area contributed by atoms with Gasteiger partial charge in [-0.3, -0.25) is 9.59 Å². The molecule has 6 nitrogen and oxygen atoms in total. The third kappa shape index (κ3) is 3.78. The third-order valence-corrected chi connectivity index (χ3v) is 5.06. The fourth-order valence-corrected chi connectivity index (χ4v) is 3.39. The highest BCUT2D eigenvalue weighted by molar-refractivity contribution is 7.09. The van der Waals surface area contributed by atoms with E-state index in [9.17, 15) is 9.59 Å². The lowest BCUT2D eigenvalue weighted by atomic mass is 10.1. The van der Waals surface area contributed by atoms with E-state index in [0.717, 1.165) is 10.4 Å². The molecule has 1 N–H and O–H groups in total. The molecule has 2 heterocycles. The van der Waals surface area contributed by atoms with Crippen molar-refractivity contribution in [2.24, 2.45) is 0 Å². The minimum absolute atomic E-state index is 0.127. The summed E-state index contributed by atoms with van der Waals surface area (Å²) in [6.07, 6.45) is 0. The molecule has 7 heteroatoms. The van der Waals surface area contributed by atoms with E-state index in [1.807, 2.05) is 35.7 Å². The van der Waals surface area contributed by atoms with E-state index in [2.05, 4.69) is 15.6 Å². The van der Waals surface area contributed by atoms with Crippen molar-refractivity contribution >= 4 is 28.1 Å². The van der Waals surface area contributed by atoms with Crippen molar-refractivity contribution in [1.29, 1.82) is 0 Å². The predicted molar refractivity (Wildman–Crippen MR) is 105 cm³/mol. The van der Waals surface area contributed by atoms with E-state index in [-0.39, 0.29) is 11.5 Å². The lowest BCUT2D eigenvalue weighted by Crippen LogP contribution is -2.25. The van der Waals surface area contributed by atoms with E-state index in [0.29, 0.717) is 29.6 Å². The van der Waals surface area contributed by atoms with E-state index >= 15 is 0 Å². The fourth-order valence-electron chi connectivity index (χ4n) is 2.74. The van der Waals surface area contributed by atoms with Crippen LogP contribution in [0, 0.1) is 0 Å². The van der Waals surface area contributed by atoms with Crippen LogP contribution < -0.4 is 10.9 Å². The number of nitrogens with zero attached hydrogens (tertiary/aromatic N) is 3. The van der Waals surface area contributed by atoms with E-state index in [4.69, 9.17) is 0 Å². The topological polar surface area (TPSA) is 76.9 Å². The molecule has 4 aromatic rings. The Morgan fingerprint density at radius 2 is 1.85 bits per heavy atom. The van der Waals surface area contributed by atoms with Crippen molar-refractivity contribution < 1.29 is 4.79 Å². The van der Waals surface area contributed by atoms with Crippen molar-refractivity contribution in [3.05, 3.63) is 92.4 Å². The van der Waals surface area contributed by atoms with Crippen molar-refractivity contribution in [2.45, 2.75) is 13.1 Å². The molecular weight excluding hydrogens is 360 g/mol.